The molecular formula is C42H70NO10P. The molecule has 4 N–H and O–H groups in total. The van der Waals surface area contributed by atoms with E-state index in [4.69, 9.17) is 24.8 Å². The molecule has 3 unspecified atom stereocenters. The summed E-state index contributed by atoms with van der Waals surface area (Å²) in [5.41, 5.74) is 5.31. The molecular weight excluding hydrogens is 709 g/mol. The van der Waals surface area contributed by atoms with Gasteiger partial charge in [-0.25, -0.2) is 4.57 Å². The molecule has 0 spiro atoms. The number of carboxylic acid groups (broad SMARTS) is 1. The summed E-state index contributed by atoms with van der Waals surface area (Å²) in [6, 6.07) is -1.53. The van der Waals surface area contributed by atoms with Crippen molar-refractivity contribution >= 4 is 25.7 Å². The second-order valence-electron chi connectivity index (χ2n) is 13.0. The van der Waals surface area contributed by atoms with Gasteiger partial charge in [-0.1, -0.05) is 151 Å². The Morgan fingerprint density at radius 2 is 1.04 bits per heavy atom. The standard InChI is InChI=1S/C42H70NO10P/c1-3-5-7-9-11-13-15-16-17-18-19-20-21-22-24-25-27-29-31-33-40(44)50-35-38(36-51-54(48,49)52-37-39(43)42(46)47)53-41(45)34-32-30-28-26-23-14-12-10-8-6-4-2/h5,7,11,13,16-17,19-20,22,24,27,29,38-39H,3-4,6,8-10,12,14-15,18,21,23,25-26,28,30-37,43H2,1-2H3,(H,46,47)(H,48,49). The number of ether oxygens (including phenoxy) is 2. The van der Waals surface area contributed by atoms with Gasteiger partial charge in [0.05, 0.1) is 13.2 Å². The number of esters is 2. The summed E-state index contributed by atoms with van der Waals surface area (Å²) in [6.07, 6.45) is 42.7. The Labute approximate surface area is 325 Å². The van der Waals surface area contributed by atoms with Crippen molar-refractivity contribution in [1.82, 2.24) is 0 Å². The Hall–Kier alpha value is -3.08. The van der Waals surface area contributed by atoms with Gasteiger partial charge < -0.3 is 25.2 Å². The smallest absolute Gasteiger partial charge is 0.472 e. The molecule has 0 rings (SSSR count). The van der Waals surface area contributed by atoms with Crippen LogP contribution in [0.25, 0.3) is 0 Å². The van der Waals surface area contributed by atoms with Gasteiger partial charge in [-0.05, 0) is 51.4 Å². The van der Waals surface area contributed by atoms with Gasteiger partial charge in [-0.2, -0.15) is 0 Å². The summed E-state index contributed by atoms with van der Waals surface area (Å²) >= 11 is 0. The van der Waals surface area contributed by atoms with Gasteiger partial charge >= 0.3 is 25.7 Å². The van der Waals surface area contributed by atoms with E-state index in [9.17, 15) is 23.8 Å². The molecule has 0 bridgehead atoms. The van der Waals surface area contributed by atoms with Gasteiger partial charge in [0, 0.05) is 12.8 Å². The lowest BCUT2D eigenvalue weighted by Gasteiger charge is -2.20. The number of unbranched alkanes of at least 4 members (excludes halogenated alkanes) is 10. The van der Waals surface area contributed by atoms with E-state index in [-0.39, 0.29) is 19.4 Å². The average Bonchev–Trinajstić information content (AvgIpc) is 3.14. The summed E-state index contributed by atoms with van der Waals surface area (Å²) in [7, 11) is -4.73. The van der Waals surface area contributed by atoms with Crippen LogP contribution in [0.1, 0.15) is 142 Å². The Morgan fingerprint density at radius 3 is 1.52 bits per heavy atom. The Morgan fingerprint density at radius 1 is 0.593 bits per heavy atom. The molecule has 0 radical (unpaired) electrons. The van der Waals surface area contributed by atoms with Crippen LogP contribution in [-0.4, -0.2) is 59.9 Å². The third kappa shape index (κ3) is 35.9. The van der Waals surface area contributed by atoms with Gasteiger partial charge in [0.2, 0.25) is 0 Å². The van der Waals surface area contributed by atoms with E-state index in [1.165, 1.54) is 44.9 Å². The van der Waals surface area contributed by atoms with Crippen LogP contribution < -0.4 is 5.73 Å². The van der Waals surface area contributed by atoms with E-state index in [0.29, 0.717) is 12.8 Å². The van der Waals surface area contributed by atoms with E-state index in [1.807, 2.05) is 12.2 Å². The molecule has 0 aromatic carbocycles. The lowest BCUT2D eigenvalue weighted by molar-refractivity contribution is -0.161. The number of carboxylic acids is 1. The molecule has 3 atom stereocenters. The fraction of sp³-hybridized carbons (Fsp3) is 0.643. The minimum atomic E-state index is -4.73. The molecule has 0 fully saturated rings. The van der Waals surface area contributed by atoms with Gasteiger partial charge in [0.25, 0.3) is 0 Å². The SMILES string of the molecule is CCC=CCC=CCC=CCC=CCC=CCC=CCCC(=O)OCC(COP(=O)(O)OCC(N)C(=O)O)OC(=O)CCCCCCCCCCCCC. The largest absolute Gasteiger partial charge is 0.480 e. The van der Waals surface area contributed by atoms with Crippen LogP contribution in [0.4, 0.5) is 0 Å². The van der Waals surface area contributed by atoms with Gasteiger partial charge in [0.15, 0.2) is 6.10 Å². The minimum absolute atomic E-state index is 0.0944. The van der Waals surface area contributed by atoms with Crippen molar-refractivity contribution in [3.05, 3.63) is 72.9 Å². The highest BCUT2D eigenvalue weighted by Gasteiger charge is 2.28. The first-order valence-electron chi connectivity index (χ1n) is 20.0. The van der Waals surface area contributed by atoms with Crippen molar-refractivity contribution in [3.63, 3.8) is 0 Å². The maximum absolute atomic E-state index is 12.5. The zero-order chi connectivity index (χ0) is 40.0. The van der Waals surface area contributed by atoms with Gasteiger partial charge in [0.1, 0.15) is 12.6 Å². The lowest BCUT2D eigenvalue weighted by Crippen LogP contribution is -2.34. The summed E-state index contributed by atoms with van der Waals surface area (Å²) < 4.78 is 32.5. The Balaban J connectivity index is 4.52. The van der Waals surface area contributed by atoms with Crippen molar-refractivity contribution in [2.45, 2.75) is 154 Å². The number of allylic oxidation sites excluding steroid dienone is 12. The van der Waals surface area contributed by atoms with Crippen LogP contribution in [0.5, 0.6) is 0 Å². The molecule has 0 aromatic rings. The number of hydrogen-bond donors (Lipinski definition) is 3. The van der Waals surface area contributed by atoms with Crippen molar-refractivity contribution in [3.8, 4) is 0 Å². The molecule has 0 heterocycles. The summed E-state index contributed by atoms with van der Waals surface area (Å²) in [6.45, 7) is 2.57. The normalized spacial score (nSPS) is 14.6. The number of phosphoric ester groups is 1. The molecule has 0 saturated carbocycles. The van der Waals surface area contributed by atoms with E-state index < -0.39 is 51.1 Å². The highest BCUT2D eigenvalue weighted by Crippen LogP contribution is 2.43. The first kappa shape index (κ1) is 50.9. The highest BCUT2D eigenvalue weighted by molar-refractivity contribution is 7.47. The van der Waals surface area contributed by atoms with E-state index in [0.717, 1.165) is 57.8 Å². The zero-order valence-electron chi connectivity index (χ0n) is 33.0. The molecule has 54 heavy (non-hydrogen) atoms. The number of rotatable bonds is 36. The Bertz CT molecular complexity index is 1190. The fourth-order valence-electron chi connectivity index (χ4n) is 4.85. The maximum atomic E-state index is 12.5. The van der Waals surface area contributed by atoms with E-state index >= 15 is 0 Å². The topological polar surface area (TPSA) is 172 Å². The summed E-state index contributed by atoms with van der Waals surface area (Å²) in [5.74, 6) is -2.49. The number of aliphatic carboxylic acids is 1. The molecule has 0 saturated heterocycles. The monoisotopic (exact) mass is 779 g/mol. The molecule has 0 aliphatic heterocycles. The average molecular weight is 780 g/mol. The second-order valence-corrected chi connectivity index (χ2v) is 14.5. The number of hydrogen-bond acceptors (Lipinski definition) is 9. The first-order valence-corrected chi connectivity index (χ1v) is 21.5. The lowest BCUT2D eigenvalue weighted by atomic mass is 10.1. The summed E-state index contributed by atoms with van der Waals surface area (Å²) in [4.78, 5) is 45.7. The van der Waals surface area contributed by atoms with Crippen molar-refractivity contribution < 1.29 is 47.5 Å². The minimum Gasteiger partial charge on any atom is -0.480 e. The van der Waals surface area contributed by atoms with Crippen LogP contribution >= 0.6 is 7.82 Å². The highest BCUT2D eigenvalue weighted by atomic mass is 31.2. The number of carbonyl (C=O) groups excluding carboxylic acids is 2. The van der Waals surface area contributed by atoms with Crippen LogP contribution in [-0.2, 0) is 37.5 Å². The zero-order valence-corrected chi connectivity index (χ0v) is 33.9. The van der Waals surface area contributed by atoms with Gasteiger partial charge in [-0.15, -0.1) is 0 Å². The number of phosphoric acid groups is 1. The third-order valence-corrected chi connectivity index (χ3v) is 8.93. The van der Waals surface area contributed by atoms with Crippen molar-refractivity contribution in [1.29, 1.82) is 0 Å². The number of nitrogens with two attached hydrogens (primary N) is 1. The third-order valence-electron chi connectivity index (χ3n) is 7.98. The molecule has 11 nitrogen and oxygen atoms in total. The van der Waals surface area contributed by atoms with E-state index in [2.05, 4.69) is 79.1 Å². The maximum Gasteiger partial charge on any atom is 0.472 e. The first-order chi connectivity index (χ1) is 26.1. The summed E-state index contributed by atoms with van der Waals surface area (Å²) in [5, 5.41) is 8.86. The van der Waals surface area contributed by atoms with E-state index in [1.54, 1.807) is 0 Å². The quantitative estimate of drug-likeness (QED) is 0.0239. The predicted molar refractivity (Wildman–Crippen MR) is 217 cm³/mol. The van der Waals surface area contributed by atoms with Gasteiger partial charge in [-0.3, -0.25) is 23.4 Å². The van der Waals surface area contributed by atoms with Crippen molar-refractivity contribution in [2.24, 2.45) is 5.73 Å². The van der Waals surface area contributed by atoms with Crippen LogP contribution in [0.3, 0.4) is 0 Å². The molecule has 0 aromatic heterocycles. The molecule has 0 amide bonds. The van der Waals surface area contributed by atoms with Crippen molar-refractivity contribution in [2.75, 3.05) is 19.8 Å². The molecule has 0 aliphatic rings. The predicted octanol–water partition coefficient (Wildman–Crippen LogP) is 10.2. The molecule has 0 aliphatic carbocycles. The second kappa shape index (κ2) is 36.9. The molecule has 308 valence electrons. The van der Waals surface area contributed by atoms with Crippen LogP contribution in [0, 0.1) is 0 Å². The fourth-order valence-corrected chi connectivity index (χ4v) is 5.63. The van der Waals surface area contributed by atoms with Crippen LogP contribution in [0.15, 0.2) is 72.9 Å². The number of carbonyl (C=O) groups is 3. The Kier molecular flexibility index (Phi) is 34.8. The van der Waals surface area contributed by atoms with Crippen LogP contribution in [0.2, 0.25) is 0 Å². The molecule has 12 heteroatoms.